The zero-order valence-corrected chi connectivity index (χ0v) is 16.3. The topological polar surface area (TPSA) is 74.0 Å². The molecule has 0 aliphatic carbocycles. The highest BCUT2D eigenvalue weighted by atomic mass is 16.5. The van der Waals surface area contributed by atoms with E-state index < -0.39 is 0 Å². The fourth-order valence-corrected chi connectivity index (χ4v) is 2.85. The molecule has 0 bridgehead atoms. The van der Waals surface area contributed by atoms with Crippen molar-refractivity contribution in [3.05, 3.63) is 59.7 Å². The second kappa shape index (κ2) is 7.65. The predicted octanol–water partition coefficient (Wildman–Crippen LogP) is 3.23. The van der Waals surface area contributed by atoms with Gasteiger partial charge in [-0.2, -0.15) is 10.2 Å². The Balaban J connectivity index is 1.76. The van der Waals surface area contributed by atoms with Crippen LogP contribution in [0.4, 0.5) is 0 Å². The van der Waals surface area contributed by atoms with Gasteiger partial charge in [0.1, 0.15) is 17.1 Å². The van der Waals surface area contributed by atoms with Gasteiger partial charge < -0.3 is 10.1 Å². The molecule has 1 atom stereocenters. The molecule has 27 heavy (non-hydrogen) atoms. The Morgan fingerprint density at radius 3 is 2.63 bits per heavy atom. The van der Waals surface area contributed by atoms with Gasteiger partial charge >= 0.3 is 0 Å². The molecule has 3 rings (SSSR count). The summed E-state index contributed by atoms with van der Waals surface area (Å²) in [6, 6.07) is 9.30. The minimum Gasteiger partial charge on any atom is -0.494 e. The highest BCUT2D eigenvalue weighted by molar-refractivity contribution is 5.92. The normalized spacial score (nSPS) is 12.2. The summed E-state index contributed by atoms with van der Waals surface area (Å²) in [6.07, 6.45) is 3.64. The first-order chi connectivity index (χ1) is 12.9. The van der Waals surface area contributed by atoms with Crippen LogP contribution < -0.4 is 10.1 Å². The molecule has 7 heteroatoms. The maximum absolute atomic E-state index is 12.6. The number of aryl methyl sites for hydroxylation is 1. The Labute approximate surface area is 159 Å². The number of hydrogen-bond donors (Lipinski definition) is 1. The molecule has 142 valence electrons. The Morgan fingerprint density at radius 1 is 1.22 bits per heavy atom. The van der Waals surface area contributed by atoms with E-state index in [4.69, 9.17) is 4.74 Å². The Hall–Kier alpha value is -3.09. The van der Waals surface area contributed by atoms with E-state index >= 15 is 0 Å². The molecule has 3 aromatic rings. The third-order valence-electron chi connectivity index (χ3n) is 4.51. The van der Waals surface area contributed by atoms with Crippen molar-refractivity contribution in [1.29, 1.82) is 0 Å². The summed E-state index contributed by atoms with van der Waals surface area (Å²) < 4.78 is 8.75. The standard InChI is InChI=1S/C20H25N5O2/c1-13(2)16-10-18(24(4)23-16)20(26)22-14(3)15-11-21-25(12-15)17-8-6-7-9-19(17)27-5/h6-14H,1-5H3,(H,22,26). The summed E-state index contributed by atoms with van der Waals surface area (Å²) >= 11 is 0. The number of carbonyl (C=O) groups excluding carboxylic acids is 1. The molecule has 0 fully saturated rings. The van der Waals surface area contributed by atoms with Gasteiger partial charge in [-0.3, -0.25) is 9.48 Å². The Bertz CT molecular complexity index is 942. The minimum atomic E-state index is -0.196. The summed E-state index contributed by atoms with van der Waals surface area (Å²) in [4.78, 5) is 12.6. The first-order valence-electron chi connectivity index (χ1n) is 8.93. The summed E-state index contributed by atoms with van der Waals surface area (Å²) in [5.41, 5.74) is 3.19. The van der Waals surface area contributed by atoms with Crippen molar-refractivity contribution in [1.82, 2.24) is 24.9 Å². The summed E-state index contributed by atoms with van der Waals surface area (Å²) in [5, 5.41) is 11.8. The molecular formula is C20H25N5O2. The number of methoxy groups -OCH3 is 1. The Morgan fingerprint density at radius 2 is 1.96 bits per heavy atom. The third-order valence-corrected chi connectivity index (χ3v) is 4.51. The van der Waals surface area contributed by atoms with Crippen molar-refractivity contribution in [3.8, 4) is 11.4 Å². The number of carbonyl (C=O) groups is 1. The van der Waals surface area contributed by atoms with Gasteiger partial charge in [-0.1, -0.05) is 26.0 Å². The number of benzene rings is 1. The van der Waals surface area contributed by atoms with Gasteiger partial charge in [0.2, 0.25) is 0 Å². The predicted molar refractivity (Wildman–Crippen MR) is 103 cm³/mol. The van der Waals surface area contributed by atoms with Crippen LogP contribution in [0.25, 0.3) is 5.69 Å². The number of para-hydroxylation sites is 2. The fourth-order valence-electron chi connectivity index (χ4n) is 2.85. The third kappa shape index (κ3) is 3.86. The first kappa shape index (κ1) is 18.7. The second-order valence-electron chi connectivity index (χ2n) is 6.82. The van der Waals surface area contributed by atoms with Crippen LogP contribution in [-0.2, 0) is 7.05 Å². The molecule has 1 aromatic carbocycles. The van der Waals surface area contributed by atoms with Gasteiger partial charge in [0.05, 0.1) is 25.0 Å². The Kier molecular flexibility index (Phi) is 5.30. The molecule has 2 heterocycles. The van der Waals surface area contributed by atoms with Crippen LogP contribution in [0.5, 0.6) is 5.75 Å². The number of nitrogens with zero attached hydrogens (tertiary/aromatic N) is 4. The van der Waals surface area contributed by atoms with Crippen LogP contribution in [0.2, 0.25) is 0 Å². The van der Waals surface area contributed by atoms with E-state index in [0.717, 1.165) is 22.7 Å². The van der Waals surface area contributed by atoms with Crippen molar-refractivity contribution in [3.63, 3.8) is 0 Å². The summed E-state index contributed by atoms with van der Waals surface area (Å²) in [6.45, 7) is 6.04. The van der Waals surface area contributed by atoms with E-state index in [-0.39, 0.29) is 17.9 Å². The van der Waals surface area contributed by atoms with Gasteiger partial charge in [0.25, 0.3) is 5.91 Å². The number of hydrogen-bond acceptors (Lipinski definition) is 4. The molecular weight excluding hydrogens is 342 g/mol. The number of amides is 1. The number of nitrogens with one attached hydrogen (secondary N) is 1. The average molecular weight is 367 g/mol. The molecule has 0 saturated carbocycles. The van der Waals surface area contributed by atoms with Gasteiger partial charge in [-0.25, -0.2) is 4.68 Å². The molecule has 0 aliphatic heterocycles. The molecule has 7 nitrogen and oxygen atoms in total. The average Bonchev–Trinajstić information content (AvgIpc) is 3.28. The van der Waals surface area contributed by atoms with Crippen LogP contribution >= 0.6 is 0 Å². The van der Waals surface area contributed by atoms with Crippen molar-refractivity contribution in [2.24, 2.45) is 7.05 Å². The highest BCUT2D eigenvalue weighted by Gasteiger charge is 2.18. The quantitative estimate of drug-likeness (QED) is 0.726. The van der Waals surface area contributed by atoms with E-state index in [0.29, 0.717) is 5.69 Å². The van der Waals surface area contributed by atoms with E-state index in [9.17, 15) is 4.79 Å². The van der Waals surface area contributed by atoms with Gasteiger partial charge in [-0.15, -0.1) is 0 Å². The largest absolute Gasteiger partial charge is 0.494 e. The molecule has 0 saturated heterocycles. The van der Waals surface area contributed by atoms with Crippen molar-refractivity contribution >= 4 is 5.91 Å². The molecule has 1 unspecified atom stereocenters. The van der Waals surface area contributed by atoms with Gasteiger partial charge in [-0.05, 0) is 31.0 Å². The van der Waals surface area contributed by atoms with Crippen molar-refractivity contribution in [2.75, 3.05) is 7.11 Å². The van der Waals surface area contributed by atoms with E-state index in [1.54, 1.807) is 29.7 Å². The maximum Gasteiger partial charge on any atom is 0.270 e. The van der Waals surface area contributed by atoms with E-state index in [1.165, 1.54) is 0 Å². The zero-order chi connectivity index (χ0) is 19.6. The summed E-state index contributed by atoms with van der Waals surface area (Å²) in [5.74, 6) is 0.851. The zero-order valence-electron chi connectivity index (χ0n) is 16.3. The lowest BCUT2D eigenvalue weighted by atomic mass is 10.1. The summed E-state index contributed by atoms with van der Waals surface area (Å²) in [7, 11) is 3.41. The highest BCUT2D eigenvalue weighted by Crippen LogP contribution is 2.23. The SMILES string of the molecule is COc1ccccc1-n1cc(C(C)NC(=O)c2cc(C(C)C)nn2C)cn1. The number of rotatable bonds is 6. The first-order valence-corrected chi connectivity index (χ1v) is 8.93. The minimum absolute atomic E-state index is 0.158. The van der Waals surface area contributed by atoms with Crippen molar-refractivity contribution in [2.45, 2.75) is 32.7 Å². The lowest BCUT2D eigenvalue weighted by Gasteiger charge is -2.12. The molecule has 1 amide bonds. The fraction of sp³-hybridized carbons (Fsp3) is 0.350. The lowest BCUT2D eigenvalue weighted by Crippen LogP contribution is -2.28. The molecule has 1 N–H and O–H groups in total. The van der Waals surface area contributed by atoms with Gasteiger partial charge in [0, 0.05) is 18.8 Å². The van der Waals surface area contributed by atoms with Crippen LogP contribution in [-0.4, -0.2) is 32.6 Å². The van der Waals surface area contributed by atoms with Crippen LogP contribution in [0.3, 0.4) is 0 Å². The van der Waals surface area contributed by atoms with E-state index in [1.807, 2.05) is 43.5 Å². The van der Waals surface area contributed by atoms with Gasteiger partial charge in [0.15, 0.2) is 0 Å². The molecule has 0 spiro atoms. The van der Waals surface area contributed by atoms with Crippen LogP contribution in [0.1, 0.15) is 54.5 Å². The van der Waals surface area contributed by atoms with Crippen LogP contribution in [0, 0.1) is 0 Å². The van der Waals surface area contributed by atoms with Crippen LogP contribution in [0.15, 0.2) is 42.7 Å². The molecule has 0 aliphatic rings. The second-order valence-corrected chi connectivity index (χ2v) is 6.82. The smallest absolute Gasteiger partial charge is 0.270 e. The monoisotopic (exact) mass is 367 g/mol. The number of aromatic nitrogens is 4. The lowest BCUT2D eigenvalue weighted by molar-refractivity contribution is 0.0930. The number of ether oxygens (including phenoxy) is 1. The molecule has 0 radical (unpaired) electrons. The van der Waals surface area contributed by atoms with E-state index in [2.05, 4.69) is 29.4 Å². The molecule has 2 aromatic heterocycles. The maximum atomic E-state index is 12.6. The van der Waals surface area contributed by atoms with Crippen molar-refractivity contribution < 1.29 is 9.53 Å².